The van der Waals surface area contributed by atoms with E-state index in [2.05, 4.69) is 10.1 Å². The van der Waals surface area contributed by atoms with E-state index in [4.69, 9.17) is 9.26 Å². The van der Waals surface area contributed by atoms with E-state index in [1.807, 2.05) is 6.92 Å². The molecular weight excluding hydrogens is 248 g/mol. The van der Waals surface area contributed by atoms with E-state index < -0.39 is 5.60 Å². The molecule has 19 heavy (non-hydrogen) atoms. The lowest BCUT2D eigenvalue weighted by Gasteiger charge is -2.17. The molecular formula is C13H14N2O4. The summed E-state index contributed by atoms with van der Waals surface area (Å²) in [5, 5.41) is 23.2. The number of phenolic OH excluding ortho intramolecular Hbond substituents is 2. The first-order valence-electron chi connectivity index (χ1n) is 6.10. The summed E-state index contributed by atoms with van der Waals surface area (Å²) >= 11 is 0. The van der Waals surface area contributed by atoms with Crippen LogP contribution in [0, 0.1) is 0 Å². The highest BCUT2D eigenvalue weighted by Gasteiger charge is 2.37. The van der Waals surface area contributed by atoms with Gasteiger partial charge in [0.15, 0.2) is 11.5 Å². The number of phenols is 2. The minimum atomic E-state index is -0.534. The van der Waals surface area contributed by atoms with Crippen molar-refractivity contribution in [3.8, 4) is 23.0 Å². The molecule has 1 unspecified atom stereocenters. The molecule has 1 aliphatic heterocycles. The van der Waals surface area contributed by atoms with Crippen molar-refractivity contribution in [2.45, 2.75) is 25.4 Å². The topological polar surface area (TPSA) is 88.6 Å². The van der Waals surface area contributed by atoms with Gasteiger partial charge < -0.3 is 19.5 Å². The standard InChI is InChI=1S/C13H14N2O4/c1-13(6-3-7-18-13)12-14-11(19-15-12)8-4-2-5-9(16)10(8)17/h2,4-5,16-17H,3,6-7H2,1H3. The van der Waals surface area contributed by atoms with Crippen LogP contribution in [0.15, 0.2) is 22.7 Å². The van der Waals surface area contributed by atoms with Crippen molar-refractivity contribution >= 4 is 0 Å². The van der Waals surface area contributed by atoms with Crippen molar-refractivity contribution in [1.82, 2.24) is 10.1 Å². The summed E-state index contributed by atoms with van der Waals surface area (Å²) in [6.07, 6.45) is 1.79. The van der Waals surface area contributed by atoms with Crippen LogP contribution < -0.4 is 0 Å². The Morgan fingerprint density at radius 2 is 2.16 bits per heavy atom. The van der Waals surface area contributed by atoms with Crippen molar-refractivity contribution in [3.05, 3.63) is 24.0 Å². The fourth-order valence-electron chi connectivity index (χ4n) is 2.21. The van der Waals surface area contributed by atoms with E-state index in [1.54, 1.807) is 12.1 Å². The van der Waals surface area contributed by atoms with Crippen LogP contribution in [0.1, 0.15) is 25.6 Å². The number of benzene rings is 1. The Bertz CT molecular complexity index is 602. The van der Waals surface area contributed by atoms with E-state index in [1.165, 1.54) is 6.07 Å². The Hall–Kier alpha value is -2.08. The molecule has 100 valence electrons. The summed E-state index contributed by atoms with van der Waals surface area (Å²) in [5.41, 5.74) is -0.228. The van der Waals surface area contributed by atoms with Crippen LogP contribution in [0.4, 0.5) is 0 Å². The van der Waals surface area contributed by atoms with Crippen molar-refractivity contribution in [1.29, 1.82) is 0 Å². The van der Waals surface area contributed by atoms with E-state index in [0.29, 0.717) is 18.0 Å². The number of hydrogen-bond donors (Lipinski definition) is 2. The quantitative estimate of drug-likeness (QED) is 0.806. The largest absolute Gasteiger partial charge is 0.504 e. The molecule has 1 fully saturated rings. The molecule has 2 aromatic rings. The van der Waals surface area contributed by atoms with Gasteiger partial charge in [-0.15, -0.1) is 0 Å². The predicted octanol–water partition coefficient (Wildman–Crippen LogP) is 2.17. The normalized spacial score (nSPS) is 22.8. The average molecular weight is 262 g/mol. The fraction of sp³-hybridized carbons (Fsp3) is 0.385. The molecule has 0 amide bonds. The van der Waals surface area contributed by atoms with Crippen LogP contribution in [-0.4, -0.2) is 27.0 Å². The van der Waals surface area contributed by atoms with Gasteiger partial charge in [-0.2, -0.15) is 4.98 Å². The van der Waals surface area contributed by atoms with Crippen LogP contribution in [0.5, 0.6) is 11.5 Å². The second-order valence-corrected chi connectivity index (χ2v) is 4.78. The molecule has 2 N–H and O–H groups in total. The molecule has 1 aliphatic rings. The van der Waals surface area contributed by atoms with Gasteiger partial charge in [-0.3, -0.25) is 0 Å². The molecule has 0 bridgehead atoms. The van der Waals surface area contributed by atoms with Crippen LogP contribution in [0.25, 0.3) is 11.5 Å². The molecule has 3 rings (SSSR count). The second-order valence-electron chi connectivity index (χ2n) is 4.78. The van der Waals surface area contributed by atoms with E-state index in [9.17, 15) is 10.2 Å². The summed E-state index contributed by atoms with van der Waals surface area (Å²) in [4.78, 5) is 4.26. The van der Waals surface area contributed by atoms with Gasteiger partial charge in [0.25, 0.3) is 5.89 Å². The summed E-state index contributed by atoms with van der Waals surface area (Å²) in [6, 6.07) is 4.59. The third-order valence-corrected chi connectivity index (χ3v) is 3.36. The van der Waals surface area contributed by atoms with Crippen LogP contribution >= 0.6 is 0 Å². The number of aromatic hydroxyl groups is 2. The first kappa shape index (κ1) is 12.0. The van der Waals surface area contributed by atoms with Gasteiger partial charge in [0.05, 0.1) is 5.56 Å². The molecule has 0 spiro atoms. The Morgan fingerprint density at radius 3 is 2.89 bits per heavy atom. The first-order valence-corrected chi connectivity index (χ1v) is 6.10. The number of hydrogen-bond acceptors (Lipinski definition) is 6. The zero-order chi connectivity index (χ0) is 13.5. The van der Waals surface area contributed by atoms with Crippen molar-refractivity contribution < 1.29 is 19.5 Å². The van der Waals surface area contributed by atoms with Gasteiger partial charge in [0, 0.05) is 6.61 Å². The Labute approximate surface area is 109 Å². The molecule has 0 radical (unpaired) electrons. The van der Waals surface area contributed by atoms with E-state index in [-0.39, 0.29) is 17.4 Å². The third-order valence-electron chi connectivity index (χ3n) is 3.36. The van der Waals surface area contributed by atoms with Gasteiger partial charge in [-0.1, -0.05) is 11.2 Å². The molecule has 0 aliphatic carbocycles. The predicted molar refractivity (Wildman–Crippen MR) is 65.6 cm³/mol. The van der Waals surface area contributed by atoms with E-state index in [0.717, 1.165) is 12.8 Å². The summed E-state index contributed by atoms with van der Waals surface area (Å²) in [5.74, 6) is 0.138. The maximum absolute atomic E-state index is 9.78. The molecule has 0 saturated carbocycles. The van der Waals surface area contributed by atoms with Gasteiger partial charge in [0.2, 0.25) is 5.82 Å². The van der Waals surface area contributed by atoms with Gasteiger partial charge in [-0.05, 0) is 31.9 Å². The molecule has 6 heteroatoms. The van der Waals surface area contributed by atoms with Crippen molar-refractivity contribution in [3.63, 3.8) is 0 Å². The van der Waals surface area contributed by atoms with E-state index >= 15 is 0 Å². The SMILES string of the molecule is CC1(c2noc(-c3cccc(O)c3O)n2)CCCO1. The van der Waals surface area contributed by atoms with Crippen LogP contribution in [0.2, 0.25) is 0 Å². The molecule has 1 aromatic carbocycles. The summed E-state index contributed by atoms with van der Waals surface area (Å²) in [7, 11) is 0. The van der Waals surface area contributed by atoms with Gasteiger partial charge in [-0.25, -0.2) is 0 Å². The van der Waals surface area contributed by atoms with Crippen LogP contribution in [-0.2, 0) is 10.3 Å². The summed E-state index contributed by atoms with van der Waals surface area (Å²) in [6.45, 7) is 2.59. The Kier molecular flexibility index (Phi) is 2.67. The van der Waals surface area contributed by atoms with Gasteiger partial charge >= 0.3 is 0 Å². The number of rotatable bonds is 2. The van der Waals surface area contributed by atoms with Crippen molar-refractivity contribution in [2.75, 3.05) is 6.61 Å². The smallest absolute Gasteiger partial charge is 0.261 e. The zero-order valence-corrected chi connectivity index (χ0v) is 10.5. The molecule has 1 atom stereocenters. The number of nitrogens with zero attached hydrogens (tertiary/aromatic N) is 2. The number of para-hydroxylation sites is 1. The highest BCUT2D eigenvalue weighted by molar-refractivity contribution is 5.66. The zero-order valence-electron chi connectivity index (χ0n) is 10.5. The van der Waals surface area contributed by atoms with Gasteiger partial charge in [0.1, 0.15) is 5.60 Å². The maximum atomic E-state index is 9.78. The lowest BCUT2D eigenvalue weighted by atomic mass is 10.0. The van der Waals surface area contributed by atoms with Crippen LogP contribution in [0.3, 0.4) is 0 Å². The highest BCUT2D eigenvalue weighted by Crippen LogP contribution is 2.38. The van der Waals surface area contributed by atoms with Crippen molar-refractivity contribution in [2.24, 2.45) is 0 Å². The maximum Gasteiger partial charge on any atom is 0.261 e. The molecule has 6 nitrogen and oxygen atoms in total. The second kappa shape index (κ2) is 4.24. The minimum Gasteiger partial charge on any atom is -0.504 e. The molecule has 1 aromatic heterocycles. The molecule has 2 heterocycles. The summed E-state index contributed by atoms with van der Waals surface area (Å²) < 4.78 is 10.8. The lowest BCUT2D eigenvalue weighted by molar-refractivity contribution is 0.00768. The first-order chi connectivity index (χ1) is 9.10. The average Bonchev–Trinajstić information content (AvgIpc) is 3.02. The highest BCUT2D eigenvalue weighted by atomic mass is 16.5. The fourth-order valence-corrected chi connectivity index (χ4v) is 2.21. The Morgan fingerprint density at radius 1 is 1.32 bits per heavy atom. The Balaban J connectivity index is 1.99. The number of aromatic nitrogens is 2. The lowest BCUT2D eigenvalue weighted by Crippen LogP contribution is -2.21. The monoisotopic (exact) mass is 262 g/mol. The number of ether oxygens (including phenoxy) is 1. The third kappa shape index (κ3) is 1.94. The minimum absolute atomic E-state index is 0.167. The molecule has 1 saturated heterocycles.